The first-order valence-electron chi connectivity index (χ1n) is 2.06. The van der Waals surface area contributed by atoms with Gasteiger partial charge in [0, 0.05) is 13.1 Å². The van der Waals surface area contributed by atoms with E-state index in [0.29, 0.717) is 0 Å². The van der Waals surface area contributed by atoms with Crippen molar-refractivity contribution in [2.75, 3.05) is 0 Å². The van der Waals surface area contributed by atoms with E-state index in [0.717, 1.165) is 0 Å². The lowest BCUT2D eigenvalue weighted by molar-refractivity contribution is -0.531. The molecule has 0 fully saturated rings. The third-order valence-electron chi connectivity index (χ3n) is 0.391. The second-order valence-corrected chi connectivity index (χ2v) is 0.906. The van der Waals surface area contributed by atoms with E-state index in [2.05, 4.69) is 22.6 Å². The van der Waals surface area contributed by atoms with Crippen LogP contribution in [0, 0.1) is 0 Å². The van der Waals surface area contributed by atoms with Crippen LogP contribution >= 0.6 is 0 Å². The first kappa shape index (κ1) is 6.01. The van der Waals surface area contributed by atoms with Crippen LogP contribution in [0.5, 0.6) is 0 Å². The second kappa shape index (κ2) is 5.01. The summed E-state index contributed by atoms with van der Waals surface area (Å²) in [5.74, 6) is 0. The van der Waals surface area contributed by atoms with Crippen LogP contribution in [0.2, 0.25) is 0 Å². The number of hydrogen-bond acceptors (Lipinski definition) is 2. The van der Waals surface area contributed by atoms with Gasteiger partial charge < -0.3 is 0 Å². The maximum atomic E-state index is 3.40. The van der Waals surface area contributed by atoms with Crippen LogP contribution in [0.25, 0.3) is 0 Å². The monoisotopic (exact) mass is 100 g/mol. The molecule has 3 N–H and O–H groups in total. The van der Waals surface area contributed by atoms with Gasteiger partial charge in [-0.1, -0.05) is 6.58 Å². The van der Waals surface area contributed by atoms with E-state index in [1.165, 1.54) is 6.20 Å². The Morgan fingerprint density at radius 3 is 2.86 bits per heavy atom. The molecule has 0 amide bonds. The van der Waals surface area contributed by atoms with E-state index in [4.69, 9.17) is 0 Å². The Labute approximate surface area is 43.1 Å². The fourth-order valence-electron chi connectivity index (χ4n) is 0.165. The van der Waals surface area contributed by atoms with Crippen LogP contribution in [0.1, 0.15) is 6.92 Å². The van der Waals surface area contributed by atoms with Crippen LogP contribution in [0.3, 0.4) is 0 Å². The number of hydrogen-bond donors (Lipinski definition) is 3. The Bertz CT molecular complexity index is 67.3. The van der Waals surface area contributed by atoms with Gasteiger partial charge in [-0.25, -0.2) is 0 Å². The largest absolute Gasteiger partial charge is 0.261 e. The van der Waals surface area contributed by atoms with E-state index < -0.39 is 0 Å². The molecular weight excluding hydrogens is 90.1 g/mol. The van der Waals surface area contributed by atoms with Crippen molar-refractivity contribution < 1.29 is 5.10 Å². The van der Waals surface area contributed by atoms with Gasteiger partial charge in [0.15, 0.2) is 6.21 Å². The molecule has 0 aliphatic rings. The van der Waals surface area contributed by atoms with Crippen LogP contribution in [-0.4, -0.2) is 6.21 Å². The van der Waals surface area contributed by atoms with Gasteiger partial charge >= 0.3 is 0 Å². The first-order valence-corrected chi connectivity index (χ1v) is 2.06. The summed E-state index contributed by atoms with van der Waals surface area (Å²) in [5, 5.41) is 2.69. The predicted molar refractivity (Wildman–Crippen MR) is 29.2 cm³/mol. The highest BCUT2D eigenvalue weighted by molar-refractivity contribution is 5.45. The molecule has 40 valence electrons. The van der Waals surface area contributed by atoms with E-state index in [1.54, 1.807) is 6.21 Å². The highest BCUT2D eigenvalue weighted by Gasteiger charge is 1.64. The van der Waals surface area contributed by atoms with Crippen molar-refractivity contribution in [3.63, 3.8) is 0 Å². The standard InChI is InChI=1S/C4H9N3/c1-3-5-7-6-4-2/h3-5,7H,1H2,2H3/p+1. The number of hydrazone groups is 1. The molecule has 0 aromatic heterocycles. The summed E-state index contributed by atoms with van der Waals surface area (Å²) < 4.78 is 0. The third-order valence-corrected chi connectivity index (χ3v) is 0.391. The quantitative estimate of drug-likeness (QED) is 0.225. The van der Waals surface area contributed by atoms with Crippen molar-refractivity contribution in [2.24, 2.45) is 0 Å². The molecule has 0 saturated carbocycles. The Kier molecular flexibility index (Phi) is 4.30. The minimum atomic E-state index is 1.54. The van der Waals surface area contributed by atoms with Gasteiger partial charge in [-0.05, 0) is 0 Å². The minimum Gasteiger partial charge on any atom is -0.261 e. The summed E-state index contributed by atoms with van der Waals surface area (Å²) in [6, 6.07) is 0. The van der Waals surface area contributed by atoms with Gasteiger partial charge in [-0.15, -0.1) is 10.6 Å². The van der Waals surface area contributed by atoms with Gasteiger partial charge in [-0.2, -0.15) is 0 Å². The minimum absolute atomic E-state index is 1.54. The topological polar surface area (TPSA) is 38.0 Å². The molecule has 7 heavy (non-hydrogen) atoms. The summed E-state index contributed by atoms with van der Waals surface area (Å²) in [7, 11) is 0. The molecule has 0 spiro atoms. The van der Waals surface area contributed by atoms with Crippen LogP contribution in [0.15, 0.2) is 12.8 Å². The summed E-state index contributed by atoms with van der Waals surface area (Å²) in [4.78, 5) is 0. The second-order valence-electron chi connectivity index (χ2n) is 0.906. The molecule has 0 aliphatic heterocycles. The molecule has 0 saturated heterocycles. The van der Waals surface area contributed by atoms with Gasteiger partial charge in [-0.3, -0.25) is 5.43 Å². The zero-order valence-electron chi connectivity index (χ0n) is 4.36. The molecule has 0 heterocycles. The Hall–Kier alpha value is -0.990. The third kappa shape index (κ3) is 5.01. The summed E-state index contributed by atoms with van der Waals surface area (Å²) >= 11 is 0. The molecule has 0 unspecified atom stereocenters. The predicted octanol–water partition coefficient (Wildman–Crippen LogP) is -1.69. The van der Waals surface area contributed by atoms with Crippen molar-refractivity contribution in [2.45, 2.75) is 6.92 Å². The molecule has 3 nitrogen and oxygen atoms in total. The molecule has 0 aromatic carbocycles. The van der Waals surface area contributed by atoms with Gasteiger partial charge in [0.1, 0.15) is 0 Å². The van der Waals surface area contributed by atoms with E-state index in [-0.39, 0.29) is 0 Å². The van der Waals surface area contributed by atoms with Gasteiger partial charge in [0.2, 0.25) is 0 Å². The van der Waals surface area contributed by atoms with Crippen LogP contribution in [-0.2, 0) is 0 Å². The van der Waals surface area contributed by atoms with E-state index >= 15 is 0 Å². The van der Waals surface area contributed by atoms with Crippen molar-refractivity contribution in [1.29, 1.82) is 0 Å². The average Bonchev–Trinajstić information content (AvgIpc) is 1.69. The molecule has 0 rings (SSSR count). The van der Waals surface area contributed by atoms with E-state index in [9.17, 15) is 0 Å². The maximum absolute atomic E-state index is 3.40. The van der Waals surface area contributed by atoms with Gasteiger partial charge in [0.05, 0.1) is 0 Å². The smallest absolute Gasteiger partial charge is 0.166 e. The summed E-state index contributed by atoms with van der Waals surface area (Å²) in [5.41, 5.74) is 5.23. The highest BCUT2D eigenvalue weighted by atomic mass is 15.5. The summed E-state index contributed by atoms with van der Waals surface area (Å²) in [6.45, 7) is 5.28. The van der Waals surface area contributed by atoms with Crippen molar-refractivity contribution in [3.05, 3.63) is 12.8 Å². The Balaban J connectivity index is 2.82. The van der Waals surface area contributed by atoms with Crippen LogP contribution < -0.4 is 16.1 Å². The maximum Gasteiger partial charge on any atom is 0.166 e. The molecule has 3 heteroatoms. The zero-order valence-corrected chi connectivity index (χ0v) is 4.36. The fraction of sp³-hybridized carbons (Fsp3) is 0.250. The summed E-state index contributed by atoms with van der Waals surface area (Å²) in [6.07, 6.45) is 3.30. The average molecular weight is 100 g/mol. The lowest BCUT2D eigenvalue weighted by Gasteiger charge is -1.86. The molecule has 0 radical (unpaired) electrons. The Morgan fingerprint density at radius 1 is 1.71 bits per heavy atom. The molecule has 0 bridgehead atoms. The number of hydrazine groups is 2. The highest BCUT2D eigenvalue weighted by Crippen LogP contribution is 1.31. The first-order chi connectivity index (χ1) is 3.41. The SMILES string of the molecule is C=CNN[NH+]=CC. The molecule has 0 atom stereocenters. The van der Waals surface area contributed by atoms with Crippen molar-refractivity contribution in [1.82, 2.24) is 11.0 Å². The number of nitrogens with one attached hydrogen (secondary N) is 3. The fourth-order valence-corrected chi connectivity index (χ4v) is 0.165. The lowest BCUT2D eigenvalue weighted by Crippen LogP contribution is -2.82. The van der Waals surface area contributed by atoms with Gasteiger partial charge in [0.25, 0.3) is 0 Å². The molecule has 0 aromatic rings. The van der Waals surface area contributed by atoms with Crippen molar-refractivity contribution in [3.8, 4) is 0 Å². The van der Waals surface area contributed by atoms with Crippen LogP contribution in [0.4, 0.5) is 0 Å². The zero-order chi connectivity index (χ0) is 5.54. The van der Waals surface area contributed by atoms with E-state index in [1.807, 2.05) is 6.92 Å². The molecular formula is C4H10N3+. The molecule has 0 aliphatic carbocycles. The lowest BCUT2D eigenvalue weighted by atomic mass is 10.9. The van der Waals surface area contributed by atoms with Crippen molar-refractivity contribution >= 4 is 6.21 Å². The Morgan fingerprint density at radius 2 is 2.43 bits per heavy atom. The number of rotatable bonds is 3. The normalized spacial score (nSPS) is 8.71.